The highest BCUT2D eigenvalue weighted by Gasteiger charge is 2.23. The van der Waals surface area contributed by atoms with Crippen molar-refractivity contribution in [3.05, 3.63) is 66.5 Å². The summed E-state index contributed by atoms with van der Waals surface area (Å²) in [6.45, 7) is 5.95. The van der Waals surface area contributed by atoms with E-state index in [4.69, 9.17) is 5.73 Å². The van der Waals surface area contributed by atoms with E-state index < -0.39 is 0 Å². The SMILES string of the molecule is C=C(C(=O)N(C)C(C)c1cc2ccccc2n1C)c1ccc(N)nc1. The molecule has 1 aromatic carbocycles. The van der Waals surface area contributed by atoms with E-state index in [-0.39, 0.29) is 11.9 Å². The summed E-state index contributed by atoms with van der Waals surface area (Å²) in [5.74, 6) is 0.283. The third-order valence-corrected chi connectivity index (χ3v) is 4.71. The van der Waals surface area contributed by atoms with Crippen LogP contribution in [-0.2, 0) is 11.8 Å². The van der Waals surface area contributed by atoms with Gasteiger partial charge in [-0.05, 0) is 36.6 Å². The number of rotatable bonds is 4. The van der Waals surface area contributed by atoms with Crippen molar-refractivity contribution in [2.75, 3.05) is 12.8 Å². The molecule has 0 fully saturated rings. The number of nitrogens with two attached hydrogens (primary N) is 1. The van der Waals surface area contributed by atoms with Gasteiger partial charge in [-0.15, -0.1) is 0 Å². The molecule has 5 heteroatoms. The summed E-state index contributed by atoms with van der Waals surface area (Å²) < 4.78 is 2.12. The van der Waals surface area contributed by atoms with Gasteiger partial charge in [0.1, 0.15) is 5.82 Å². The lowest BCUT2D eigenvalue weighted by Crippen LogP contribution is -2.31. The number of fused-ring (bicyclic) bond motifs is 1. The zero-order valence-electron chi connectivity index (χ0n) is 14.7. The topological polar surface area (TPSA) is 64.2 Å². The zero-order chi connectivity index (χ0) is 18.1. The van der Waals surface area contributed by atoms with Crippen LogP contribution in [-0.4, -0.2) is 27.4 Å². The van der Waals surface area contributed by atoms with Gasteiger partial charge in [0.25, 0.3) is 5.91 Å². The van der Waals surface area contributed by atoms with Crippen molar-refractivity contribution in [1.29, 1.82) is 0 Å². The van der Waals surface area contributed by atoms with Gasteiger partial charge in [-0.3, -0.25) is 4.79 Å². The van der Waals surface area contributed by atoms with Crippen molar-refractivity contribution >= 4 is 28.2 Å². The minimum Gasteiger partial charge on any atom is -0.384 e. The average Bonchev–Trinajstić information content (AvgIpc) is 2.97. The van der Waals surface area contributed by atoms with E-state index in [1.54, 1.807) is 30.3 Å². The maximum atomic E-state index is 12.8. The van der Waals surface area contributed by atoms with Crippen LogP contribution < -0.4 is 5.73 Å². The lowest BCUT2D eigenvalue weighted by Gasteiger charge is -2.26. The number of nitrogen functional groups attached to an aromatic ring is 1. The molecule has 0 aliphatic rings. The normalized spacial score (nSPS) is 12.1. The molecule has 2 N–H and O–H groups in total. The molecule has 0 aliphatic carbocycles. The first-order valence-corrected chi connectivity index (χ1v) is 8.12. The number of hydrogen-bond donors (Lipinski definition) is 1. The summed E-state index contributed by atoms with van der Waals surface area (Å²) in [4.78, 5) is 18.6. The number of carbonyl (C=O) groups is 1. The lowest BCUT2D eigenvalue weighted by atomic mass is 10.1. The maximum absolute atomic E-state index is 12.8. The van der Waals surface area contributed by atoms with E-state index in [0.29, 0.717) is 17.0 Å². The second-order valence-corrected chi connectivity index (χ2v) is 6.23. The summed E-state index contributed by atoms with van der Waals surface area (Å²) >= 11 is 0. The second kappa shape index (κ2) is 6.43. The molecule has 3 rings (SSSR count). The van der Waals surface area contributed by atoms with Crippen LogP contribution >= 0.6 is 0 Å². The maximum Gasteiger partial charge on any atom is 0.254 e. The quantitative estimate of drug-likeness (QED) is 0.744. The van der Waals surface area contributed by atoms with Crippen LogP contribution in [0, 0.1) is 0 Å². The fourth-order valence-electron chi connectivity index (χ4n) is 3.01. The molecule has 1 amide bonds. The molecule has 0 saturated heterocycles. The van der Waals surface area contributed by atoms with Gasteiger partial charge in [0, 0.05) is 42.6 Å². The molecule has 0 aliphatic heterocycles. The minimum atomic E-state index is -0.135. The van der Waals surface area contributed by atoms with E-state index in [1.165, 1.54) is 0 Å². The number of anilines is 1. The third-order valence-electron chi connectivity index (χ3n) is 4.71. The Balaban J connectivity index is 1.86. The molecule has 0 saturated carbocycles. The van der Waals surface area contributed by atoms with Gasteiger partial charge in [0.2, 0.25) is 0 Å². The van der Waals surface area contributed by atoms with Gasteiger partial charge >= 0.3 is 0 Å². The van der Waals surface area contributed by atoms with Crippen LogP contribution in [0.25, 0.3) is 16.5 Å². The Hall–Kier alpha value is -3.08. The highest BCUT2D eigenvalue weighted by atomic mass is 16.2. The van der Waals surface area contributed by atoms with Crippen LogP contribution in [0.4, 0.5) is 5.82 Å². The van der Waals surface area contributed by atoms with Gasteiger partial charge in [-0.2, -0.15) is 0 Å². The number of hydrogen-bond acceptors (Lipinski definition) is 3. The van der Waals surface area contributed by atoms with Crippen molar-refractivity contribution in [3.8, 4) is 0 Å². The fraction of sp³-hybridized carbons (Fsp3) is 0.200. The molecule has 0 radical (unpaired) electrons. The van der Waals surface area contributed by atoms with Crippen molar-refractivity contribution in [3.63, 3.8) is 0 Å². The summed E-state index contributed by atoms with van der Waals surface area (Å²) in [5, 5.41) is 1.16. The van der Waals surface area contributed by atoms with E-state index >= 15 is 0 Å². The average molecular weight is 334 g/mol. The molecule has 3 aromatic rings. The number of nitrogens with zero attached hydrogens (tertiary/aromatic N) is 3. The number of aromatic nitrogens is 2. The number of aryl methyl sites for hydroxylation is 1. The predicted octanol–water partition coefficient (Wildman–Crippen LogP) is 3.39. The van der Waals surface area contributed by atoms with Crippen molar-refractivity contribution in [2.24, 2.45) is 7.05 Å². The van der Waals surface area contributed by atoms with E-state index in [9.17, 15) is 4.79 Å². The van der Waals surface area contributed by atoms with Crippen molar-refractivity contribution in [1.82, 2.24) is 14.5 Å². The first-order chi connectivity index (χ1) is 11.9. The Morgan fingerprint density at radius 1 is 1.28 bits per heavy atom. The molecule has 25 heavy (non-hydrogen) atoms. The van der Waals surface area contributed by atoms with Crippen LogP contribution in [0.2, 0.25) is 0 Å². The molecule has 5 nitrogen and oxygen atoms in total. The van der Waals surface area contributed by atoms with E-state index in [0.717, 1.165) is 16.6 Å². The van der Waals surface area contributed by atoms with Gasteiger partial charge in [-0.25, -0.2) is 4.98 Å². The number of amides is 1. The Kier molecular flexibility index (Phi) is 4.31. The fourth-order valence-corrected chi connectivity index (χ4v) is 3.01. The molecule has 128 valence electrons. The Morgan fingerprint density at radius 2 is 2.00 bits per heavy atom. The zero-order valence-corrected chi connectivity index (χ0v) is 14.7. The highest BCUT2D eigenvalue weighted by Crippen LogP contribution is 2.28. The molecule has 2 aromatic heterocycles. The largest absolute Gasteiger partial charge is 0.384 e. The minimum absolute atomic E-state index is 0.0941. The highest BCUT2D eigenvalue weighted by molar-refractivity contribution is 6.18. The molecule has 1 atom stereocenters. The van der Waals surface area contributed by atoms with E-state index in [1.807, 2.05) is 26.1 Å². The number of pyridine rings is 1. The summed E-state index contributed by atoms with van der Waals surface area (Å²) in [7, 11) is 3.81. The van der Waals surface area contributed by atoms with Crippen LogP contribution in [0.15, 0.2) is 55.2 Å². The standard InChI is InChI=1S/C20H22N4O/c1-13(16-9-10-19(21)22-12-16)20(25)23(3)14(2)18-11-15-7-5-6-8-17(15)24(18)4/h5-12,14H,1H2,2-4H3,(H2,21,22). The van der Waals surface area contributed by atoms with Gasteiger partial charge in [0.05, 0.1) is 6.04 Å². The smallest absolute Gasteiger partial charge is 0.254 e. The molecule has 0 bridgehead atoms. The predicted molar refractivity (Wildman–Crippen MR) is 102 cm³/mol. The van der Waals surface area contributed by atoms with Gasteiger partial charge < -0.3 is 15.2 Å². The molecular weight excluding hydrogens is 312 g/mol. The molecule has 1 unspecified atom stereocenters. The number of para-hydroxylation sites is 1. The molecular formula is C20H22N4O. The second-order valence-electron chi connectivity index (χ2n) is 6.23. The Morgan fingerprint density at radius 3 is 2.64 bits per heavy atom. The van der Waals surface area contributed by atoms with Crippen LogP contribution in [0.5, 0.6) is 0 Å². The van der Waals surface area contributed by atoms with Gasteiger partial charge in [0.15, 0.2) is 0 Å². The van der Waals surface area contributed by atoms with Crippen LogP contribution in [0.3, 0.4) is 0 Å². The lowest BCUT2D eigenvalue weighted by molar-refractivity contribution is -0.125. The van der Waals surface area contributed by atoms with Crippen molar-refractivity contribution in [2.45, 2.75) is 13.0 Å². The first kappa shape index (κ1) is 16.8. The van der Waals surface area contributed by atoms with Gasteiger partial charge in [-0.1, -0.05) is 24.8 Å². The Bertz CT molecular complexity index is 940. The first-order valence-electron chi connectivity index (χ1n) is 8.12. The Labute approximate surface area is 147 Å². The number of carbonyl (C=O) groups excluding carboxylic acids is 1. The number of likely N-dealkylation sites (N-methyl/N-ethyl adjacent to an activating group) is 1. The molecule has 0 spiro atoms. The molecule has 2 heterocycles. The van der Waals surface area contributed by atoms with Crippen molar-refractivity contribution < 1.29 is 4.79 Å². The monoisotopic (exact) mass is 334 g/mol. The van der Waals surface area contributed by atoms with Crippen LogP contribution in [0.1, 0.15) is 24.2 Å². The van der Waals surface area contributed by atoms with E-state index in [2.05, 4.69) is 34.3 Å². The summed E-state index contributed by atoms with van der Waals surface area (Å²) in [6, 6.07) is 13.6. The summed E-state index contributed by atoms with van der Waals surface area (Å²) in [6.07, 6.45) is 1.57. The summed E-state index contributed by atoms with van der Waals surface area (Å²) in [5.41, 5.74) is 8.90. The third kappa shape index (κ3) is 3.01. The number of benzene rings is 1.